The summed E-state index contributed by atoms with van der Waals surface area (Å²) in [4.78, 5) is 12.5. The van der Waals surface area contributed by atoms with Gasteiger partial charge in [-0.05, 0) is 19.8 Å². The molecule has 2 aromatic rings. The largest absolute Gasteiger partial charge is 0.385 e. The van der Waals surface area contributed by atoms with E-state index in [1.165, 1.54) is 18.5 Å². The predicted molar refractivity (Wildman–Crippen MR) is 73.1 cm³/mol. The molecule has 4 nitrogen and oxygen atoms in total. The highest BCUT2D eigenvalue weighted by Crippen LogP contribution is 2.39. The van der Waals surface area contributed by atoms with Gasteiger partial charge >= 0.3 is 0 Å². The molecule has 0 atom stereocenters. The number of rotatable bonds is 3. The van der Waals surface area contributed by atoms with Crippen molar-refractivity contribution >= 4 is 33.1 Å². The maximum absolute atomic E-state index is 4.63. The first-order valence-corrected chi connectivity index (χ1v) is 6.69. The molecular formula is C12H16N4S. The van der Waals surface area contributed by atoms with Crippen molar-refractivity contribution in [1.82, 2.24) is 9.97 Å². The summed E-state index contributed by atoms with van der Waals surface area (Å²) in [5.41, 5.74) is 3.30. The number of nitrogens with zero attached hydrogens (tertiary/aromatic N) is 3. The van der Waals surface area contributed by atoms with Crippen molar-refractivity contribution in [2.75, 3.05) is 24.3 Å². The first-order valence-electron chi connectivity index (χ1n) is 5.87. The Hall–Kier alpha value is -1.36. The second-order valence-electron chi connectivity index (χ2n) is 4.50. The van der Waals surface area contributed by atoms with Crippen molar-refractivity contribution in [3.05, 3.63) is 11.2 Å². The van der Waals surface area contributed by atoms with E-state index in [9.17, 15) is 0 Å². The fraction of sp³-hybridized carbons (Fsp3) is 0.500. The normalized spacial score (nSPS) is 15.2. The number of fused-ring (bicyclic) bond motifs is 1. The fourth-order valence-electron chi connectivity index (χ4n) is 2.15. The first-order chi connectivity index (χ1) is 8.20. The zero-order valence-corrected chi connectivity index (χ0v) is 11.1. The molecule has 0 radical (unpaired) electrons. The second-order valence-corrected chi connectivity index (χ2v) is 5.68. The van der Waals surface area contributed by atoms with Crippen molar-refractivity contribution in [2.24, 2.45) is 0 Å². The highest BCUT2D eigenvalue weighted by molar-refractivity contribution is 7.18. The molecule has 1 saturated carbocycles. The third-order valence-corrected chi connectivity index (χ3v) is 4.10. The Kier molecular flexibility index (Phi) is 2.43. The molecule has 0 unspecified atom stereocenters. The van der Waals surface area contributed by atoms with Gasteiger partial charge < -0.3 is 10.2 Å². The van der Waals surface area contributed by atoms with Gasteiger partial charge in [0.1, 0.15) is 10.3 Å². The van der Waals surface area contributed by atoms with E-state index in [-0.39, 0.29) is 0 Å². The van der Waals surface area contributed by atoms with Crippen LogP contribution in [-0.4, -0.2) is 30.1 Å². The van der Waals surface area contributed by atoms with E-state index < -0.39 is 0 Å². The Bertz CT molecular complexity index is 559. The Morgan fingerprint density at radius 3 is 2.88 bits per heavy atom. The predicted octanol–water partition coefficient (Wildman–Crippen LogP) is 2.64. The van der Waals surface area contributed by atoms with Gasteiger partial charge in [0, 0.05) is 20.1 Å². The number of hydrogen-bond donors (Lipinski definition) is 1. The van der Waals surface area contributed by atoms with Gasteiger partial charge in [-0.3, -0.25) is 0 Å². The van der Waals surface area contributed by atoms with Crippen molar-refractivity contribution < 1.29 is 0 Å². The molecule has 0 saturated heterocycles. The molecule has 0 spiro atoms. The van der Waals surface area contributed by atoms with Crippen LogP contribution in [0.1, 0.15) is 17.8 Å². The van der Waals surface area contributed by atoms with Crippen LogP contribution in [0.5, 0.6) is 0 Å². The molecule has 0 aliphatic heterocycles. The van der Waals surface area contributed by atoms with Crippen LogP contribution < -0.4 is 10.2 Å². The quantitative estimate of drug-likeness (QED) is 0.906. The van der Waals surface area contributed by atoms with Gasteiger partial charge in [-0.1, -0.05) is 11.3 Å². The molecular weight excluding hydrogens is 232 g/mol. The minimum atomic E-state index is 0.676. The minimum absolute atomic E-state index is 0.676. The maximum atomic E-state index is 4.63. The third-order valence-electron chi connectivity index (χ3n) is 3.22. The highest BCUT2D eigenvalue weighted by atomic mass is 32.1. The van der Waals surface area contributed by atoms with Gasteiger partial charge in [-0.2, -0.15) is 0 Å². The monoisotopic (exact) mass is 248 g/mol. The molecule has 90 valence electrons. The molecule has 5 heteroatoms. The van der Waals surface area contributed by atoms with E-state index in [0.717, 1.165) is 21.0 Å². The maximum Gasteiger partial charge on any atom is 0.145 e. The molecule has 1 aliphatic rings. The molecule has 0 amide bonds. The molecule has 0 aromatic carbocycles. The van der Waals surface area contributed by atoms with Gasteiger partial charge in [0.15, 0.2) is 0 Å². The van der Waals surface area contributed by atoms with Crippen LogP contribution >= 0.6 is 11.3 Å². The van der Waals surface area contributed by atoms with Gasteiger partial charge in [0.25, 0.3) is 0 Å². The molecule has 0 bridgehead atoms. The number of aromatic nitrogens is 2. The zero-order chi connectivity index (χ0) is 12.0. The van der Waals surface area contributed by atoms with E-state index in [2.05, 4.69) is 27.2 Å². The summed E-state index contributed by atoms with van der Waals surface area (Å²) in [6, 6.07) is 0.676. The zero-order valence-electron chi connectivity index (χ0n) is 10.3. The second kappa shape index (κ2) is 3.84. The Labute approximate surface area is 105 Å². The lowest BCUT2D eigenvalue weighted by Crippen LogP contribution is -2.21. The van der Waals surface area contributed by atoms with Crippen LogP contribution in [0.15, 0.2) is 6.20 Å². The van der Waals surface area contributed by atoms with Crippen LogP contribution in [0, 0.1) is 6.92 Å². The number of nitrogens with one attached hydrogen (secondary N) is 1. The Morgan fingerprint density at radius 2 is 2.24 bits per heavy atom. The third kappa shape index (κ3) is 1.74. The van der Waals surface area contributed by atoms with Crippen molar-refractivity contribution in [2.45, 2.75) is 25.8 Å². The smallest absolute Gasteiger partial charge is 0.145 e. The average Bonchev–Trinajstić information content (AvgIpc) is 3.08. The van der Waals surface area contributed by atoms with Crippen molar-refractivity contribution in [3.8, 4) is 0 Å². The summed E-state index contributed by atoms with van der Waals surface area (Å²) in [5.74, 6) is 0. The number of anilines is 2. The molecule has 2 heterocycles. The Morgan fingerprint density at radius 1 is 1.47 bits per heavy atom. The average molecular weight is 248 g/mol. The van der Waals surface area contributed by atoms with E-state index in [0.29, 0.717) is 6.04 Å². The highest BCUT2D eigenvalue weighted by Gasteiger charge is 2.29. The molecule has 2 aromatic heterocycles. The van der Waals surface area contributed by atoms with Gasteiger partial charge in [0.2, 0.25) is 0 Å². The minimum Gasteiger partial charge on any atom is -0.385 e. The molecule has 1 N–H and O–H groups in total. The van der Waals surface area contributed by atoms with Crippen molar-refractivity contribution in [1.29, 1.82) is 0 Å². The SMILES string of the molecule is CNc1cnc2sc(C)nc2c1N(C)C1CC1. The molecule has 1 fully saturated rings. The van der Waals surface area contributed by atoms with Gasteiger partial charge in [-0.15, -0.1) is 0 Å². The van der Waals surface area contributed by atoms with E-state index in [4.69, 9.17) is 0 Å². The van der Waals surface area contributed by atoms with E-state index in [1.807, 2.05) is 20.2 Å². The van der Waals surface area contributed by atoms with Gasteiger partial charge in [-0.25, -0.2) is 9.97 Å². The molecule has 17 heavy (non-hydrogen) atoms. The summed E-state index contributed by atoms with van der Waals surface area (Å²) < 4.78 is 0. The van der Waals surface area contributed by atoms with Crippen LogP contribution in [-0.2, 0) is 0 Å². The van der Waals surface area contributed by atoms with Gasteiger partial charge in [0.05, 0.1) is 22.6 Å². The van der Waals surface area contributed by atoms with Crippen LogP contribution in [0.4, 0.5) is 11.4 Å². The van der Waals surface area contributed by atoms with Crippen LogP contribution in [0.2, 0.25) is 0 Å². The van der Waals surface area contributed by atoms with Crippen molar-refractivity contribution in [3.63, 3.8) is 0 Å². The van der Waals surface area contributed by atoms with Crippen LogP contribution in [0.3, 0.4) is 0 Å². The lowest BCUT2D eigenvalue weighted by molar-refractivity contribution is 0.920. The number of pyridine rings is 1. The number of aryl methyl sites for hydroxylation is 1. The standard InChI is InChI=1S/C12H16N4S/c1-7-15-10-11(16(3)8-4-5-8)9(13-2)6-14-12(10)17-7/h6,8,13H,4-5H2,1-3H3. The summed E-state index contributed by atoms with van der Waals surface area (Å²) in [6.07, 6.45) is 4.48. The van der Waals surface area contributed by atoms with E-state index >= 15 is 0 Å². The summed E-state index contributed by atoms with van der Waals surface area (Å²) in [5, 5.41) is 4.30. The summed E-state index contributed by atoms with van der Waals surface area (Å²) in [7, 11) is 4.09. The first kappa shape index (κ1) is 10.8. The number of thiazole rings is 1. The molecule has 1 aliphatic carbocycles. The molecule has 3 rings (SSSR count). The fourth-order valence-corrected chi connectivity index (χ4v) is 2.92. The van der Waals surface area contributed by atoms with Crippen LogP contribution in [0.25, 0.3) is 10.3 Å². The lowest BCUT2D eigenvalue weighted by atomic mass is 10.3. The topological polar surface area (TPSA) is 41.1 Å². The summed E-state index contributed by atoms with van der Waals surface area (Å²) >= 11 is 1.66. The van der Waals surface area contributed by atoms with E-state index in [1.54, 1.807) is 11.3 Å². The lowest BCUT2D eigenvalue weighted by Gasteiger charge is -2.21. The Balaban J connectivity index is 2.22. The number of hydrogen-bond acceptors (Lipinski definition) is 5. The summed E-state index contributed by atoms with van der Waals surface area (Å²) in [6.45, 7) is 2.03.